The molecule has 100 valence electrons. The summed E-state index contributed by atoms with van der Waals surface area (Å²) in [4.78, 5) is 12.0. The molecule has 0 aliphatic rings. The monoisotopic (exact) mass is 269 g/mol. The van der Waals surface area contributed by atoms with Gasteiger partial charge < -0.3 is 10.1 Å². The van der Waals surface area contributed by atoms with Crippen LogP contribution in [0.5, 0.6) is 5.75 Å². The van der Waals surface area contributed by atoms with E-state index < -0.39 is 5.41 Å². The Balaban J connectivity index is 2.98. The van der Waals surface area contributed by atoms with Crippen molar-refractivity contribution in [3.05, 3.63) is 23.2 Å². The van der Waals surface area contributed by atoms with Gasteiger partial charge in [0.2, 0.25) is 5.91 Å². The summed E-state index contributed by atoms with van der Waals surface area (Å²) in [5, 5.41) is 3.44. The zero-order chi connectivity index (χ0) is 13.9. The van der Waals surface area contributed by atoms with E-state index in [1.807, 2.05) is 34.6 Å². The van der Waals surface area contributed by atoms with E-state index in [0.717, 1.165) is 0 Å². The van der Waals surface area contributed by atoms with E-state index in [0.29, 0.717) is 16.5 Å². The fourth-order valence-corrected chi connectivity index (χ4v) is 1.42. The van der Waals surface area contributed by atoms with Crippen LogP contribution >= 0.6 is 11.6 Å². The number of rotatable bonds is 3. The molecule has 0 fully saturated rings. The molecule has 0 heterocycles. The second-order valence-corrected chi connectivity index (χ2v) is 5.95. The molecule has 3 nitrogen and oxygen atoms in total. The Hall–Kier alpha value is -1.22. The lowest BCUT2D eigenvalue weighted by atomic mass is 9.95. The minimum atomic E-state index is -0.450. The number of carbonyl (C=O) groups excluding carboxylic acids is 1. The molecule has 1 rings (SSSR count). The van der Waals surface area contributed by atoms with E-state index in [1.165, 1.54) is 0 Å². The van der Waals surface area contributed by atoms with Gasteiger partial charge in [0.15, 0.2) is 0 Å². The van der Waals surface area contributed by atoms with Crippen molar-refractivity contribution >= 4 is 23.2 Å². The maximum atomic E-state index is 12.0. The van der Waals surface area contributed by atoms with Gasteiger partial charge in [-0.3, -0.25) is 4.79 Å². The molecule has 0 saturated carbocycles. The number of ether oxygens (including phenoxy) is 1. The third-order valence-electron chi connectivity index (χ3n) is 2.24. The Bertz CT molecular complexity index is 436. The second-order valence-electron chi connectivity index (χ2n) is 5.51. The van der Waals surface area contributed by atoms with Gasteiger partial charge in [-0.25, -0.2) is 0 Å². The molecule has 0 spiro atoms. The average molecular weight is 270 g/mol. The van der Waals surface area contributed by atoms with Crippen LogP contribution in [0.1, 0.15) is 34.6 Å². The molecule has 0 unspecified atom stereocenters. The molecule has 1 aromatic rings. The van der Waals surface area contributed by atoms with Crippen LogP contribution in [0.3, 0.4) is 0 Å². The second kappa shape index (κ2) is 5.61. The fraction of sp³-hybridized carbons (Fsp3) is 0.500. The summed E-state index contributed by atoms with van der Waals surface area (Å²) in [6.45, 7) is 9.44. The van der Waals surface area contributed by atoms with Crippen LogP contribution in [0.2, 0.25) is 5.02 Å². The molecule has 4 heteroatoms. The molecule has 1 amide bonds. The topological polar surface area (TPSA) is 38.3 Å². The summed E-state index contributed by atoms with van der Waals surface area (Å²) in [6.07, 6.45) is 0.0220. The van der Waals surface area contributed by atoms with E-state index in [2.05, 4.69) is 5.32 Å². The summed E-state index contributed by atoms with van der Waals surface area (Å²) in [6, 6.07) is 5.19. The molecule has 0 saturated heterocycles. The van der Waals surface area contributed by atoms with E-state index in [-0.39, 0.29) is 12.0 Å². The number of halogens is 1. The molecule has 0 aliphatic carbocycles. The molecule has 0 bridgehead atoms. The van der Waals surface area contributed by atoms with Gasteiger partial charge in [0, 0.05) is 16.5 Å². The van der Waals surface area contributed by atoms with Crippen molar-refractivity contribution < 1.29 is 9.53 Å². The normalized spacial score (nSPS) is 11.5. The number of carbonyl (C=O) groups is 1. The van der Waals surface area contributed by atoms with Crippen molar-refractivity contribution in [2.75, 3.05) is 5.32 Å². The quantitative estimate of drug-likeness (QED) is 0.897. The number of amides is 1. The molecule has 0 aromatic heterocycles. The maximum Gasteiger partial charge on any atom is 0.229 e. The van der Waals surface area contributed by atoms with Crippen LogP contribution in [-0.4, -0.2) is 12.0 Å². The smallest absolute Gasteiger partial charge is 0.229 e. The third-order valence-corrected chi connectivity index (χ3v) is 2.47. The lowest BCUT2D eigenvalue weighted by molar-refractivity contribution is -0.123. The first-order chi connectivity index (χ1) is 8.20. The summed E-state index contributed by atoms with van der Waals surface area (Å²) in [5.41, 5.74) is 0.197. The van der Waals surface area contributed by atoms with Crippen molar-refractivity contribution in [3.63, 3.8) is 0 Å². The lowest BCUT2D eigenvalue weighted by Gasteiger charge is -2.20. The van der Waals surface area contributed by atoms with Crippen LogP contribution in [0.4, 0.5) is 5.69 Å². The SMILES string of the molecule is CC(C)Oc1cc(Cl)ccc1NC(=O)C(C)(C)C. The Labute approximate surface area is 113 Å². The van der Waals surface area contributed by atoms with E-state index in [9.17, 15) is 4.79 Å². The van der Waals surface area contributed by atoms with Crippen LogP contribution in [-0.2, 0) is 4.79 Å². The van der Waals surface area contributed by atoms with Gasteiger partial charge in [-0.05, 0) is 26.0 Å². The van der Waals surface area contributed by atoms with Gasteiger partial charge in [0.05, 0.1) is 11.8 Å². The van der Waals surface area contributed by atoms with Crippen molar-refractivity contribution in [2.24, 2.45) is 5.41 Å². The number of nitrogens with one attached hydrogen (secondary N) is 1. The first kappa shape index (κ1) is 14.8. The van der Waals surface area contributed by atoms with Crippen molar-refractivity contribution in [1.29, 1.82) is 0 Å². The van der Waals surface area contributed by atoms with Crippen molar-refractivity contribution in [2.45, 2.75) is 40.7 Å². The Morgan fingerprint density at radius 1 is 1.33 bits per heavy atom. The van der Waals surface area contributed by atoms with Gasteiger partial charge in [0.1, 0.15) is 5.75 Å². The van der Waals surface area contributed by atoms with Crippen LogP contribution in [0, 0.1) is 5.41 Å². The van der Waals surface area contributed by atoms with E-state index in [4.69, 9.17) is 16.3 Å². The Morgan fingerprint density at radius 2 is 1.94 bits per heavy atom. The molecular weight excluding hydrogens is 250 g/mol. The summed E-state index contributed by atoms with van der Waals surface area (Å²) >= 11 is 5.93. The van der Waals surface area contributed by atoms with Gasteiger partial charge >= 0.3 is 0 Å². The van der Waals surface area contributed by atoms with Crippen LogP contribution in [0.25, 0.3) is 0 Å². The van der Waals surface area contributed by atoms with E-state index in [1.54, 1.807) is 18.2 Å². The minimum absolute atomic E-state index is 0.0220. The number of benzene rings is 1. The molecule has 1 aromatic carbocycles. The van der Waals surface area contributed by atoms with Gasteiger partial charge in [0.25, 0.3) is 0 Å². The predicted octanol–water partition coefficient (Wildman–Crippen LogP) is 4.11. The highest BCUT2D eigenvalue weighted by Crippen LogP contribution is 2.30. The molecule has 0 radical (unpaired) electrons. The molecule has 1 N–H and O–H groups in total. The molecular formula is C14H20ClNO2. The Morgan fingerprint density at radius 3 is 2.44 bits per heavy atom. The van der Waals surface area contributed by atoms with E-state index >= 15 is 0 Å². The average Bonchev–Trinajstić information content (AvgIpc) is 2.19. The van der Waals surface area contributed by atoms with Crippen LogP contribution < -0.4 is 10.1 Å². The standard InChI is InChI=1S/C14H20ClNO2/c1-9(2)18-12-8-10(15)6-7-11(12)16-13(17)14(3,4)5/h6-9H,1-5H3,(H,16,17). The summed E-state index contributed by atoms with van der Waals surface area (Å²) in [5.74, 6) is 0.536. The zero-order valence-corrected chi connectivity index (χ0v) is 12.3. The van der Waals surface area contributed by atoms with Crippen molar-refractivity contribution in [1.82, 2.24) is 0 Å². The van der Waals surface area contributed by atoms with Gasteiger partial charge in [-0.2, -0.15) is 0 Å². The summed E-state index contributed by atoms with van der Waals surface area (Å²) < 4.78 is 5.64. The predicted molar refractivity (Wildman–Crippen MR) is 75.3 cm³/mol. The van der Waals surface area contributed by atoms with Crippen LogP contribution in [0.15, 0.2) is 18.2 Å². The number of hydrogen-bond acceptors (Lipinski definition) is 2. The van der Waals surface area contributed by atoms with Crippen molar-refractivity contribution in [3.8, 4) is 5.75 Å². The number of anilines is 1. The lowest BCUT2D eigenvalue weighted by Crippen LogP contribution is -2.28. The maximum absolute atomic E-state index is 12.0. The highest BCUT2D eigenvalue weighted by molar-refractivity contribution is 6.30. The highest BCUT2D eigenvalue weighted by Gasteiger charge is 2.22. The fourth-order valence-electron chi connectivity index (χ4n) is 1.26. The first-order valence-electron chi connectivity index (χ1n) is 5.98. The molecule has 18 heavy (non-hydrogen) atoms. The first-order valence-corrected chi connectivity index (χ1v) is 6.35. The van der Waals surface area contributed by atoms with Gasteiger partial charge in [-0.1, -0.05) is 32.4 Å². The summed E-state index contributed by atoms with van der Waals surface area (Å²) in [7, 11) is 0. The third kappa shape index (κ3) is 4.22. The molecule has 0 atom stereocenters. The zero-order valence-electron chi connectivity index (χ0n) is 11.5. The minimum Gasteiger partial charge on any atom is -0.489 e. The molecule has 0 aliphatic heterocycles. The number of hydrogen-bond donors (Lipinski definition) is 1. The highest BCUT2D eigenvalue weighted by atomic mass is 35.5. The Kier molecular flexibility index (Phi) is 4.63. The largest absolute Gasteiger partial charge is 0.489 e. The van der Waals surface area contributed by atoms with Gasteiger partial charge in [-0.15, -0.1) is 0 Å².